The number of aliphatic imine (C=N–C) groups is 1. The molecule has 8 heteroatoms. The van der Waals surface area contributed by atoms with Crippen LogP contribution in [0.1, 0.15) is 44.3 Å². The van der Waals surface area contributed by atoms with Crippen molar-refractivity contribution >= 4 is 5.96 Å². The first-order chi connectivity index (χ1) is 12.0. The first-order valence-electron chi connectivity index (χ1n) is 9.00. The molecule has 1 aliphatic carbocycles. The fourth-order valence-electron chi connectivity index (χ4n) is 3.06. The zero-order chi connectivity index (χ0) is 18.3. The maximum absolute atomic E-state index is 10.4. The van der Waals surface area contributed by atoms with Gasteiger partial charge in [-0.15, -0.1) is 10.2 Å². The second-order valence-electron chi connectivity index (χ2n) is 7.08. The Balaban J connectivity index is 1.99. The van der Waals surface area contributed by atoms with E-state index in [9.17, 15) is 5.11 Å². The molecule has 0 bridgehead atoms. The molecule has 1 aromatic rings. The molecule has 1 aromatic heterocycles. The van der Waals surface area contributed by atoms with E-state index >= 15 is 0 Å². The summed E-state index contributed by atoms with van der Waals surface area (Å²) in [6.45, 7) is 6.46. The highest BCUT2D eigenvalue weighted by Gasteiger charge is 2.35. The van der Waals surface area contributed by atoms with Gasteiger partial charge < -0.3 is 25.0 Å². The standard InChI is InChI=1S/C17H32N6O2/c1-13-21-22-15(23(13)3)11-19-16(18-9-10-25-4)20-12-17(2)8-6-5-7-14(17)24/h14,24H,5-12H2,1-4H3,(H2,18,19,20). The molecule has 2 atom stereocenters. The molecular formula is C17H32N6O2. The number of nitrogens with one attached hydrogen (secondary N) is 2. The van der Waals surface area contributed by atoms with Crippen LogP contribution in [0.15, 0.2) is 4.99 Å². The Morgan fingerprint density at radius 2 is 2.20 bits per heavy atom. The van der Waals surface area contributed by atoms with Gasteiger partial charge in [0.05, 0.1) is 12.7 Å². The van der Waals surface area contributed by atoms with Gasteiger partial charge >= 0.3 is 0 Å². The molecule has 0 aliphatic heterocycles. The van der Waals surface area contributed by atoms with E-state index in [0.29, 0.717) is 32.2 Å². The van der Waals surface area contributed by atoms with Crippen molar-refractivity contribution in [1.29, 1.82) is 0 Å². The predicted molar refractivity (Wildman–Crippen MR) is 97.3 cm³/mol. The van der Waals surface area contributed by atoms with Gasteiger partial charge in [0, 0.05) is 32.7 Å². The molecule has 1 saturated carbocycles. The fourth-order valence-corrected chi connectivity index (χ4v) is 3.06. The van der Waals surface area contributed by atoms with Gasteiger partial charge in [0.2, 0.25) is 0 Å². The molecule has 0 spiro atoms. The molecule has 3 N–H and O–H groups in total. The van der Waals surface area contributed by atoms with E-state index in [1.54, 1.807) is 7.11 Å². The summed E-state index contributed by atoms with van der Waals surface area (Å²) in [5.74, 6) is 2.39. The minimum absolute atomic E-state index is 0.122. The van der Waals surface area contributed by atoms with Gasteiger partial charge in [0.1, 0.15) is 12.4 Å². The molecule has 25 heavy (non-hydrogen) atoms. The minimum Gasteiger partial charge on any atom is -0.392 e. The number of hydrogen-bond acceptors (Lipinski definition) is 5. The minimum atomic E-state index is -0.268. The van der Waals surface area contributed by atoms with Crippen molar-refractivity contribution in [2.45, 2.75) is 52.2 Å². The SMILES string of the molecule is COCCNC(=NCc1nnc(C)n1C)NCC1(C)CCCCC1O. The lowest BCUT2D eigenvalue weighted by atomic mass is 9.73. The maximum Gasteiger partial charge on any atom is 0.191 e. The summed E-state index contributed by atoms with van der Waals surface area (Å²) in [6.07, 6.45) is 3.90. The van der Waals surface area contributed by atoms with Crippen LogP contribution in [-0.2, 0) is 18.3 Å². The van der Waals surface area contributed by atoms with Gasteiger partial charge in [-0.05, 0) is 19.8 Å². The lowest BCUT2D eigenvalue weighted by Gasteiger charge is -2.38. The quantitative estimate of drug-likeness (QED) is 0.381. The highest BCUT2D eigenvalue weighted by atomic mass is 16.5. The van der Waals surface area contributed by atoms with E-state index in [1.807, 2.05) is 18.5 Å². The third kappa shape index (κ3) is 5.40. The third-order valence-corrected chi connectivity index (χ3v) is 5.10. The molecule has 8 nitrogen and oxygen atoms in total. The monoisotopic (exact) mass is 352 g/mol. The van der Waals surface area contributed by atoms with Crippen LogP contribution < -0.4 is 10.6 Å². The number of aromatic nitrogens is 3. The number of aliphatic hydroxyl groups excluding tert-OH is 1. The van der Waals surface area contributed by atoms with Crippen molar-refractivity contribution in [1.82, 2.24) is 25.4 Å². The Morgan fingerprint density at radius 3 is 2.84 bits per heavy atom. The Labute approximate surface area is 150 Å². The lowest BCUT2D eigenvalue weighted by Crippen LogP contribution is -2.48. The average molecular weight is 352 g/mol. The Kier molecular flexibility index (Phi) is 7.19. The van der Waals surface area contributed by atoms with E-state index < -0.39 is 0 Å². The number of nitrogens with zero attached hydrogens (tertiary/aromatic N) is 4. The van der Waals surface area contributed by atoms with Crippen molar-refractivity contribution in [2.24, 2.45) is 17.5 Å². The highest BCUT2D eigenvalue weighted by Crippen LogP contribution is 2.35. The van der Waals surface area contributed by atoms with Crippen LogP contribution in [0.25, 0.3) is 0 Å². The molecule has 142 valence electrons. The number of ether oxygens (including phenoxy) is 1. The molecule has 2 unspecified atom stereocenters. The van der Waals surface area contributed by atoms with Gasteiger partial charge in [0.25, 0.3) is 0 Å². The topological polar surface area (TPSA) is 96.6 Å². The maximum atomic E-state index is 10.4. The van der Waals surface area contributed by atoms with Gasteiger partial charge in [-0.3, -0.25) is 0 Å². The molecular weight excluding hydrogens is 320 g/mol. The predicted octanol–water partition coefficient (Wildman–Crippen LogP) is 0.746. The van der Waals surface area contributed by atoms with Crippen LogP contribution in [0.3, 0.4) is 0 Å². The number of guanidine groups is 1. The van der Waals surface area contributed by atoms with E-state index in [-0.39, 0.29) is 11.5 Å². The van der Waals surface area contributed by atoms with Gasteiger partial charge in [-0.2, -0.15) is 0 Å². The fraction of sp³-hybridized carbons (Fsp3) is 0.824. The molecule has 0 radical (unpaired) electrons. The number of aryl methyl sites for hydroxylation is 1. The Hall–Kier alpha value is -1.67. The van der Waals surface area contributed by atoms with E-state index in [1.165, 1.54) is 0 Å². The summed E-state index contributed by atoms with van der Waals surface area (Å²) in [7, 11) is 3.61. The Bertz CT molecular complexity index is 573. The summed E-state index contributed by atoms with van der Waals surface area (Å²) < 4.78 is 7.03. The average Bonchev–Trinajstić information content (AvgIpc) is 2.92. The van der Waals surface area contributed by atoms with Crippen LogP contribution >= 0.6 is 0 Å². The molecule has 1 heterocycles. The summed E-state index contributed by atoms with van der Waals surface area (Å²) in [5.41, 5.74) is -0.122. The largest absolute Gasteiger partial charge is 0.392 e. The van der Waals surface area contributed by atoms with Gasteiger partial charge in [-0.1, -0.05) is 19.8 Å². The van der Waals surface area contributed by atoms with Crippen LogP contribution in [-0.4, -0.2) is 58.7 Å². The summed E-state index contributed by atoms with van der Waals surface area (Å²) in [5, 5.41) is 25.2. The molecule has 0 aromatic carbocycles. The number of aliphatic hydroxyl groups is 1. The number of hydrogen-bond donors (Lipinski definition) is 3. The number of methoxy groups -OCH3 is 1. The summed E-state index contributed by atoms with van der Waals surface area (Å²) >= 11 is 0. The van der Waals surface area contributed by atoms with Crippen molar-refractivity contribution < 1.29 is 9.84 Å². The third-order valence-electron chi connectivity index (χ3n) is 5.10. The zero-order valence-corrected chi connectivity index (χ0v) is 15.9. The van der Waals surface area contributed by atoms with Gasteiger partial charge in [0.15, 0.2) is 11.8 Å². The molecule has 2 rings (SSSR count). The zero-order valence-electron chi connectivity index (χ0n) is 15.9. The van der Waals surface area contributed by atoms with Crippen molar-refractivity contribution in [3.8, 4) is 0 Å². The normalized spacial score (nSPS) is 24.4. The van der Waals surface area contributed by atoms with Crippen LogP contribution in [0, 0.1) is 12.3 Å². The van der Waals surface area contributed by atoms with Gasteiger partial charge in [-0.25, -0.2) is 4.99 Å². The van der Waals surface area contributed by atoms with Crippen molar-refractivity contribution in [2.75, 3.05) is 26.8 Å². The second kappa shape index (κ2) is 9.15. The first-order valence-corrected chi connectivity index (χ1v) is 9.00. The van der Waals surface area contributed by atoms with Crippen molar-refractivity contribution in [3.63, 3.8) is 0 Å². The van der Waals surface area contributed by atoms with Crippen LogP contribution in [0.4, 0.5) is 0 Å². The smallest absolute Gasteiger partial charge is 0.191 e. The molecule has 1 fully saturated rings. The second-order valence-corrected chi connectivity index (χ2v) is 7.08. The number of rotatable bonds is 7. The molecule has 0 amide bonds. The molecule has 1 aliphatic rings. The van der Waals surface area contributed by atoms with Crippen molar-refractivity contribution in [3.05, 3.63) is 11.6 Å². The summed E-state index contributed by atoms with van der Waals surface area (Å²) in [6, 6.07) is 0. The lowest BCUT2D eigenvalue weighted by molar-refractivity contribution is 0.00396. The van der Waals surface area contributed by atoms with Crippen LogP contribution in [0.5, 0.6) is 0 Å². The summed E-state index contributed by atoms with van der Waals surface area (Å²) in [4.78, 5) is 4.61. The Morgan fingerprint density at radius 1 is 1.40 bits per heavy atom. The first kappa shape index (κ1) is 19.7. The van der Waals surface area contributed by atoms with E-state index in [0.717, 1.165) is 37.3 Å². The van der Waals surface area contributed by atoms with E-state index in [2.05, 4.69) is 32.7 Å². The molecule has 0 saturated heterocycles. The van der Waals surface area contributed by atoms with E-state index in [4.69, 9.17) is 4.74 Å². The highest BCUT2D eigenvalue weighted by molar-refractivity contribution is 5.79. The van der Waals surface area contributed by atoms with Crippen LogP contribution in [0.2, 0.25) is 0 Å².